The second-order valence-electron chi connectivity index (χ2n) is 7.51. The van der Waals surface area contributed by atoms with Gasteiger partial charge in [-0.1, -0.05) is 28.1 Å². The molecule has 1 unspecified atom stereocenters. The first-order valence-corrected chi connectivity index (χ1v) is 10.6. The van der Waals surface area contributed by atoms with Crippen LogP contribution in [0, 0.1) is 0 Å². The zero-order valence-corrected chi connectivity index (χ0v) is 18.1. The number of carbonyl (C=O) groups excluding carboxylic acids is 2. The van der Waals surface area contributed by atoms with E-state index in [1.807, 2.05) is 31.2 Å². The van der Waals surface area contributed by atoms with Crippen LogP contribution in [0.1, 0.15) is 36.9 Å². The molecule has 4 N–H and O–H groups in total. The number of nitrogens with one attached hydrogen (secondary N) is 4. The summed E-state index contributed by atoms with van der Waals surface area (Å²) in [4.78, 5) is 32.6. The Morgan fingerprint density at radius 2 is 1.97 bits per heavy atom. The molecule has 0 radical (unpaired) electrons. The van der Waals surface area contributed by atoms with Gasteiger partial charge < -0.3 is 16.0 Å². The van der Waals surface area contributed by atoms with E-state index in [1.54, 1.807) is 16.8 Å². The minimum Gasteiger partial charge on any atom is -0.351 e. The average Bonchev–Trinajstić information content (AvgIpc) is 3.37. The average molecular weight is 483 g/mol. The Balaban J connectivity index is 1.52. The number of nitrogens with zero attached hydrogens (tertiary/aromatic N) is 4. The number of hydrogen-bond donors (Lipinski definition) is 4. The summed E-state index contributed by atoms with van der Waals surface area (Å²) in [6.07, 6.45) is 5.30. The van der Waals surface area contributed by atoms with Crippen molar-refractivity contribution in [3.8, 4) is 0 Å². The molecule has 2 fully saturated rings. The summed E-state index contributed by atoms with van der Waals surface area (Å²) in [5, 5.41) is 15.8. The number of carbonyl (C=O) groups is 2. The van der Waals surface area contributed by atoms with Crippen LogP contribution in [0.3, 0.4) is 0 Å². The van der Waals surface area contributed by atoms with Crippen molar-refractivity contribution < 1.29 is 9.59 Å². The number of fused-ring (bicyclic) bond motifs is 1. The lowest BCUT2D eigenvalue weighted by atomic mass is 10.1. The van der Waals surface area contributed by atoms with Crippen molar-refractivity contribution in [1.29, 1.82) is 0 Å². The molecule has 0 spiro atoms. The highest BCUT2D eigenvalue weighted by atomic mass is 79.9. The lowest BCUT2D eigenvalue weighted by molar-refractivity contribution is -0.115. The van der Waals surface area contributed by atoms with Crippen LogP contribution in [0.25, 0.3) is 11.7 Å². The van der Waals surface area contributed by atoms with Crippen molar-refractivity contribution in [2.45, 2.75) is 31.8 Å². The van der Waals surface area contributed by atoms with Crippen LogP contribution in [0.5, 0.6) is 0 Å². The molecule has 2 aliphatic rings. The minimum absolute atomic E-state index is 0.0334. The standard InChI is InChI=1S/C20H19BrN8O2/c1-10(11-2-4-13(21)5-3-11)23-18-26-16-12(8-15-17(30)27-20(31)25-15)9-22-29(16)19(28-18)24-14-6-7-14/h2-5,8-10,14H,6-7H2,1H3,(H2,23,24,26,28)(H2,25,27,30,31)/b15-8-. The number of amides is 3. The lowest BCUT2D eigenvalue weighted by Gasteiger charge is -2.16. The van der Waals surface area contributed by atoms with Crippen molar-refractivity contribution in [3.05, 3.63) is 51.8 Å². The fourth-order valence-corrected chi connectivity index (χ4v) is 3.50. The van der Waals surface area contributed by atoms with Crippen LogP contribution < -0.4 is 21.3 Å². The molecule has 0 bridgehead atoms. The van der Waals surface area contributed by atoms with Crippen LogP contribution in [-0.2, 0) is 4.79 Å². The largest absolute Gasteiger partial charge is 0.351 e. The highest BCUT2D eigenvalue weighted by Gasteiger charge is 2.26. The highest BCUT2D eigenvalue weighted by molar-refractivity contribution is 9.10. The normalized spacial score (nSPS) is 18.2. The van der Waals surface area contributed by atoms with Gasteiger partial charge in [0.1, 0.15) is 5.70 Å². The number of benzene rings is 1. The van der Waals surface area contributed by atoms with Gasteiger partial charge in [0.05, 0.1) is 12.2 Å². The van der Waals surface area contributed by atoms with Crippen LogP contribution in [0.2, 0.25) is 0 Å². The van der Waals surface area contributed by atoms with Gasteiger partial charge in [-0.15, -0.1) is 0 Å². The maximum absolute atomic E-state index is 11.9. The molecule has 3 amide bonds. The molecule has 1 saturated heterocycles. The SMILES string of the molecule is CC(Nc1nc(NC2CC2)n2ncc(/C=C3\NC(=O)NC3=O)c2n1)c1ccc(Br)cc1. The Labute approximate surface area is 185 Å². The van der Waals surface area contributed by atoms with E-state index >= 15 is 0 Å². The van der Waals surface area contributed by atoms with Crippen LogP contribution in [-0.4, -0.2) is 37.6 Å². The van der Waals surface area contributed by atoms with Crippen molar-refractivity contribution in [2.24, 2.45) is 0 Å². The van der Waals surface area contributed by atoms with Crippen molar-refractivity contribution in [3.63, 3.8) is 0 Å². The van der Waals surface area contributed by atoms with Crippen LogP contribution in [0.4, 0.5) is 16.7 Å². The first kappa shape index (κ1) is 19.5. The van der Waals surface area contributed by atoms with E-state index in [0.29, 0.717) is 29.1 Å². The van der Waals surface area contributed by atoms with E-state index in [4.69, 9.17) is 0 Å². The maximum Gasteiger partial charge on any atom is 0.326 e. The number of urea groups is 1. The van der Waals surface area contributed by atoms with Crippen molar-refractivity contribution >= 4 is 51.5 Å². The van der Waals surface area contributed by atoms with Crippen LogP contribution >= 0.6 is 15.9 Å². The zero-order chi connectivity index (χ0) is 21.5. The second kappa shape index (κ2) is 7.65. The van der Waals surface area contributed by atoms with Gasteiger partial charge in [-0.25, -0.2) is 4.79 Å². The van der Waals surface area contributed by atoms with E-state index in [0.717, 1.165) is 22.9 Å². The molecule has 31 heavy (non-hydrogen) atoms. The van der Waals surface area contributed by atoms with Gasteiger partial charge in [-0.3, -0.25) is 10.1 Å². The molecule has 11 heteroatoms. The third-order valence-corrected chi connectivity index (χ3v) is 5.57. The van der Waals surface area contributed by atoms with Gasteiger partial charge in [0.15, 0.2) is 5.65 Å². The van der Waals surface area contributed by atoms with Gasteiger partial charge in [-0.2, -0.15) is 19.6 Å². The fourth-order valence-electron chi connectivity index (χ4n) is 3.23. The number of anilines is 2. The quantitative estimate of drug-likeness (QED) is 0.314. The highest BCUT2D eigenvalue weighted by Crippen LogP contribution is 2.27. The summed E-state index contributed by atoms with van der Waals surface area (Å²) in [5.74, 6) is 0.519. The first-order chi connectivity index (χ1) is 15.0. The summed E-state index contributed by atoms with van der Waals surface area (Å²) >= 11 is 3.45. The lowest BCUT2D eigenvalue weighted by Crippen LogP contribution is -2.22. The van der Waals surface area contributed by atoms with E-state index < -0.39 is 11.9 Å². The molecule has 2 aromatic heterocycles. The summed E-state index contributed by atoms with van der Waals surface area (Å²) in [6, 6.07) is 7.80. The van der Waals surface area contributed by atoms with Crippen LogP contribution in [0.15, 0.2) is 40.6 Å². The van der Waals surface area contributed by atoms with E-state index in [2.05, 4.69) is 52.3 Å². The molecule has 10 nitrogen and oxygen atoms in total. The predicted octanol–water partition coefficient (Wildman–Crippen LogP) is 2.81. The second-order valence-corrected chi connectivity index (χ2v) is 8.42. The summed E-state index contributed by atoms with van der Waals surface area (Å²) < 4.78 is 2.62. The number of aromatic nitrogens is 4. The first-order valence-electron chi connectivity index (χ1n) is 9.84. The Morgan fingerprint density at radius 1 is 1.19 bits per heavy atom. The summed E-state index contributed by atoms with van der Waals surface area (Å²) in [6.45, 7) is 2.03. The molecular formula is C20H19BrN8O2. The number of rotatable bonds is 6. The summed E-state index contributed by atoms with van der Waals surface area (Å²) in [5.41, 5.74) is 2.34. The molecule has 1 aliphatic carbocycles. The molecule has 1 atom stereocenters. The Bertz CT molecular complexity index is 1220. The number of imide groups is 1. The third kappa shape index (κ3) is 4.08. The van der Waals surface area contributed by atoms with E-state index in [-0.39, 0.29) is 11.7 Å². The summed E-state index contributed by atoms with van der Waals surface area (Å²) in [7, 11) is 0. The van der Waals surface area contributed by atoms with Gasteiger partial charge in [0.2, 0.25) is 11.9 Å². The predicted molar refractivity (Wildman–Crippen MR) is 118 cm³/mol. The third-order valence-electron chi connectivity index (χ3n) is 5.04. The zero-order valence-electron chi connectivity index (χ0n) is 16.5. The van der Waals surface area contributed by atoms with Crippen molar-refractivity contribution in [1.82, 2.24) is 30.2 Å². The smallest absolute Gasteiger partial charge is 0.326 e. The van der Waals surface area contributed by atoms with Crippen molar-refractivity contribution in [2.75, 3.05) is 10.6 Å². The number of hydrogen-bond acceptors (Lipinski definition) is 7. The molecule has 1 aromatic carbocycles. The van der Waals surface area contributed by atoms with Gasteiger partial charge in [-0.05, 0) is 43.5 Å². The van der Waals surface area contributed by atoms with E-state index in [9.17, 15) is 9.59 Å². The Morgan fingerprint density at radius 3 is 2.65 bits per heavy atom. The molecular weight excluding hydrogens is 464 g/mol. The number of halogens is 1. The van der Waals surface area contributed by atoms with Gasteiger partial charge in [0, 0.05) is 16.1 Å². The van der Waals surface area contributed by atoms with Gasteiger partial charge >= 0.3 is 6.03 Å². The monoisotopic (exact) mass is 482 g/mol. The Kier molecular flexibility index (Phi) is 4.81. The molecule has 3 heterocycles. The topological polar surface area (TPSA) is 125 Å². The fraction of sp³-hybridized carbons (Fsp3) is 0.250. The minimum atomic E-state index is -0.552. The van der Waals surface area contributed by atoms with E-state index in [1.165, 1.54) is 0 Å². The van der Waals surface area contributed by atoms with Gasteiger partial charge in [0.25, 0.3) is 5.91 Å². The molecule has 1 saturated carbocycles. The molecule has 1 aliphatic heterocycles. The molecule has 5 rings (SSSR count). The molecule has 158 valence electrons. The maximum atomic E-state index is 11.9. The Hall–Kier alpha value is -3.47. The molecule has 3 aromatic rings.